The minimum atomic E-state index is 0.122. The molecular weight excluding hydrogens is 232 g/mol. The Morgan fingerprint density at radius 2 is 1.95 bits per heavy atom. The molecule has 1 aliphatic heterocycles. The Bertz CT molecular complexity index is 374. The van der Waals surface area contributed by atoms with Crippen LogP contribution in [0.5, 0.6) is 0 Å². The fourth-order valence-electron chi connectivity index (χ4n) is 3.40. The molecule has 1 heterocycles. The van der Waals surface area contributed by atoms with E-state index in [1.165, 1.54) is 31.5 Å². The van der Waals surface area contributed by atoms with Crippen LogP contribution in [0, 0.1) is 11.8 Å². The van der Waals surface area contributed by atoms with Gasteiger partial charge in [0.15, 0.2) is 0 Å². The smallest absolute Gasteiger partial charge is 0.0455 e. The number of rotatable bonds is 5. The van der Waals surface area contributed by atoms with Gasteiger partial charge in [0.1, 0.15) is 0 Å². The number of nitrogens with two attached hydrogens (primary N) is 1. The highest BCUT2D eigenvalue weighted by Crippen LogP contribution is 2.30. The zero-order chi connectivity index (χ0) is 13.8. The maximum absolute atomic E-state index is 6.57. The average Bonchev–Trinajstić information content (AvgIpc) is 2.88. The lowest BCUT2D eigenvalue weighted by Crippen LogP contribution is -2.45. The lowest BCUT2D eigenvalue weighted by molar-refractivity contribution is 0.156. The van der Waals surface area contributed by atoms with Gasteiger partial charge < -0.3 is 5.73 Å². The van der Waals surface area contributed by atoms with Gasteiger partial charge >= 0.3 is 0 Å². The van der Waals surface area contributed by atoms with Crippen LogP contribution in [0.2, 0.25) is 0 Å². The molecule has 1 saturated heterocycles. The molecule has 2 heteroatoms. The minimum absolute atomic E-state index is 0.122. The van der Waals surface area contributed by atoms with Crippen molar-refractivity contribution in [3.8, 4) is 0 Å². The number of likely N-dealkylation sites (tertiary alicyclic amines) is 1. The van der Waals surface area contributed by atoms with E-state index in [4.69, 9.17) is 5.73 Å². The fraction of sp³-hybridized carbons (Fsp3) is 0.647. The van der Waals surface area contributed by atoms with E-state index < -0.39 is 0 Å². The van der Waals surface area contributed by atoms with Gasteiger partial charge in [0, 0.05) is 18.6 Å². The third kappa shape index (κ3) is 3.37. The monoisotopic (exact) mass is 260 g/mol. The highest BCUT2D eigenvalue weighted by Gasteiger charge is 2.33. The van der Waals surface area contributed by atoms with Crippen LogP contribution in [-0.4, -0.2) is 24.0 Å². The fourth-order valence-corrected chi connectivity index (χ4v) is 3.40. The summed E-state index contributed by atoms with van der Waals surface area (Å²) in [5, 5.41) is 0. The maximum Gasteiger partial charge on any atom is 0.0455 e. The van der Waals surface area contributed by atoms with E-state index in [1.54, 1.807) is 0 Å². The average molecular weight is 260 g/mol. The van der Waals surface area contributed by atoms with Crippen LogP contribution < -0.4 is 5.73 Å². The third-order valence-electron chi connectivity index (χ3n) is 4.55. The summed E-state index contributed by atoms with van der Waals surface area (Å²) in [4.78, 5) is 2.62. The molecule has 3 unspecified atom stereocenters. The minimum Gasteiger partial charge on any atom is -0.323 e. The van der Waals surface area contributed by atoms with Crippen LogP contribution in [-0.2, 0) is 0 Å². The Balaban J connectivity index is 2.12. The summed E-state index contributed by atoms with van der Waals surface area (Å²) in [6.07, 6.45) is 2.63. The van der Waals surface area contributed by atoms with Gasteiger partial charge in [-0.3, -0.25) is 4.90 Å². The summed E-state index contributed by atoms with van der Waals surface area (Å²) in [7, 11) is 0. The summed E-state index contributed by atoms with van der Waals surface area (Å²) in [6.45, 7) is 9.33. The highest BCUT2D eigenvalue weighted by molar-refractivity contribution is 5.20. The molecule has 0 radical (unpaired) electrons. The zero-order valence-corrected chi connectivity index (χ0v) is 12.5. The molecule has 3 atom stereocenters. The molecule has 2 N–H and O–H groups in total. The first-order valence-corrected chi connectivity index (χ1v) is 7.68. The highest BCUT2D eigenvalue weighted by atomic mass is 15.2. The summed E-state index contributed by atoms with van der Waals surface area (Å²) < 4.78 is 0. The summed E-state index contributed by atoms with van der Waals surface area (Å²) >= 11 is 0. The molecule has 0 aromatic heterocycles. The summed E-state index contributed by atoms with van der Waals surface area (Å²) in [6, 6.07) is 11.1. The second-order valence-electron chi connectivity index (χ2n) is 6.23. The summed E-state index contributed by atoms with van der Waals surface area (Å²) in [5.41, 5.74) is 7.83. The first-order chi connectivity index (χ1) is 9.13. The van der Waals surface area contributed by atoms with E-state index in [0.29, 0.717) is 12.0 Å². The molecule has 1 aliphatic rings. The van der Waals surface area contributed by atoms with Crippen molar-refractivity contribution < 1.29 is 0 Å². The van der Waals surface area contributed by atoms with Crippen LogP contribution in [0.3, 0.4) is 0 Å². The first-order valence-electron chi connectivity index (χ1n) is 7.68. The van der Waals surface area contributed by atoms with Gasteiger partial charge in [0.25, 0.3) is 0 Å². The molecule has 0 bridgehead atoms. The van der Waals surface area contributed by atoms with E-state index in [0.717, 1.165) is 5.92 Å². The molecule has 1 aromatic carbocycles. The first kappa shape index (κ1) is 14.5. The van der Waals surface area contributed by atoms with E-state index in [9.17, 15) is 0 Å². The molecule has 0 aliphatic carbocycles. The predicted octanol–water partition coefficient (Wildman–Crippen LogP) is 3.44. The van der Waals surface area contributed by atoms with Gasteiger partial charge in [-0.15, -0.1) is 0 Å². The van der Waals surface area contributed by atoms with Crippen molar-refractivity contribution in [1.82, 2.24) is 4.90 Å². The maximum atomic E-state index is 6.57. The lowest BCUT2D eigenvalue weighted by atomic mass is 9.90. The Kier molecular flexibility index (Phi) is 5.00. The van der Waals surface area contributed by atoms with E-state index in [2.05, 4.69) is 56.0 Å². The van der Waals surface area contributed by atoms with Crippen molar-refractivity contribution in [1.29, 1.82) is 0 Å². The van der Waals surface area contributed by atoms with Gasteiger partial charge in [-0.25, -0.2) is 0 Å². The van der Waals surface area contributed by atoms with Crippen LogP contribution in [0.4, 0.5) is 0 Å². The van der Waals surface area contributed by atoms with Crippen LogP contribution in [0.15, 0.2) is 30.3 Å². The number of hydrogen-bond acceptors (Lipinski definition) is 2. The lowest BCUT2D eigenvalue weighted by Gasteiger charge is -2.36. The third-order valence-corrected chi connectivity index (χ3v) is 4.55. The van der Waals surface area contributed by atoms with E-state index in [1.807, 2.05) is 0 Å². The van der Waals surface area contributed by atoms with Crippen LogP contribution in [0.1, 0.15) is 45.2 Å². The molecule has 2 rings (SSSR count). The Labute approximate surface area is 118 Å². The number of hydrogen-bond donors (Lipinski definition) is 1. The molecule has 0 spiro atoms. The predicted molar refractivity (Wildman–Crippen MR) is 82.0 cm³/mol. The quantitative estimate of drug-likeness (QED) is 0.878. The molecule has 106 valence electrons. The van der Waals surface area contributed by atoms with Crippen LogP contribution >= 0.6 is 0 Å². The van der Waals surface area contributed by atoms with Gasteiger partial charge in [-0.2, -0.15) is 0 Å². The normalized spacial score (nSPS) is 23.7. The SMILES string of the molecule is CCC1CCN(C(C(C)C)C(N)c2ccccc2)C1. The van der Waals surface area contributed by atoms with Gasteiger partial charge in [-0.05, 0) is 30.4 Å². The van der Waals surface area contributed by atoms with Crippen molar-refractivity contribution in [2.45, 2.75) is 45.7 Å². The Morgan fingerprint density at radius 1 is 1.26 bits per heavy atom. The summed E-state index contributed by atoms with van der Waals surface area (Å²) in [5.74, 6) is 1.45. The standard InChI is InChI=1S/C17H28N2/c1-4-14-10-11-19(12-14)17(13(2)3)16(18)15-8-6-5-7-9-15/h5-9,13-14,16-17H,4,10-12,18H2,1-3H3. The second-order valence-corrected chi connectivity index (χ2v) is 6.23. The molecular formula is C17H28N2. The van der Waals surface area contributed by atoms with Crippen molar-refractivity contribution >= 4 is 0 Å². The van der Waals surface area contributed by atoms with Gasteiger partial charge in [0.05, 0.1) is 0 Å². The second kappa shape index (κ2) is 6.53. The molecule has 1 fully saturated rings. The number of nitrogens with zero attached hydrogens (tertiary/aromatic N) is 1. The molecule has 0 amide bonds. The van der Waals surface area contributed by atoms with Crippen molar-refractivity contribution in [3.05, 3.63) is 35.9 Å². The Morgan fingerprint density at radius 3 is 2.47 bits per heavy atom. The van der Waals surface area contributed by atoms with E-state index in [-0.39, 0.29) is 6.04 Å². The van der Waals surface area contributed by atoms with Crippen LogP contribution in [0.25, 0.3) is 0 Å². The van der Waals surface area contributed by atoms with Crippen molar-refractivity contribution in [2.75, 3.05) is 13.1 Å². The topological polar surface area (TPSA) is 29.3 Å². The molecule has 19 heavy (non-hydrogen) atoms. The Hall–Kier alpha value is -0.860. The molecule has 2 nitrogen and oxygen atoms in total. The molecule has 1 aromatic rings. The molecule has 0 saturated carbocycles. The van der Waals surface area contributed by atoms with Crippen molar-refractivity contribution in [3.63, 3.8) is 0 Å². The number of benzene rings is 1. The largest absolute Gasteiger partial charge is 0.323 e. The van der Waals surface area contributed by atoms with Gasteiger partial charge in [-0.1, -0.05) is 57.5 Å². The van der Waals surface area contributed by atoms with E-state index >= 15 is 0 Å². The van der Waals surface area contributed by atoms with Gasteiger partial charge in [0.2, 0.25) is 0 Å². The van der Waals surface area contributed by atoms with Crippen molar-refractivity contribution in [2.24, 2.45) is 17.6 Å². The zero-order valence-electron chi connectivity index (χ0n) is 12.5.